The summed E-state index contributed by atoms with van der Waals surface area (Å²) in [5.74, 6) is 1.81. The Hall–Kier alpha value is -2.69. The maximum absolute atomic E-state index is 12.6. The van der Waals surface area contributed by atoms with Crippen molar-refractivity contribution in [2.45, 2.75) is 13.3 Å². The summed E-state index contributed by atoms with van der Waals surface area (Å²) in [4.78, 5) is 12.6. The lowest BCUT2D eigenvalue weighted by molar-refractivity contribution is 0.102. The van der Waals surface area contributed by atoms with Gasteiger partial charge in [-0.05, 0) is 36.8 Å². The molecule has 1 N–H and O–H groups in total. The lowest BCUT2D eigenvalue weighted by Gasteiger charge is -2.13. The minimum Gasteiger partial charge on any atom is -0.497 e. The van der Waals surface area contributed by atoms with Crippen LogP contribution < -0.4 is 19.5 Å². The van der Waals surface area contributed by atoms with Gasteiger partial charge in [0, 0.05) is 23.7 Å². The summed E-state index contributed by atoms with van der Waals surface area (Å²) in [5, 5.41) is 2.88. The van der Waals surface area contributed by atoms with E-state index >= 15 is 0 Å². The molecule has 1 heterocycles. The molecule has 3 rings (SSSR count). The molecule has 1 aliphatic rings. The summed E-state index contributed by atoms with van der Waals surface area (Å²) in [6, 6.07) is 10.8. The fourth-order valence-electron chi connectivity index (χ4n) is 2.45. The molecule has 0 spiro atoms. The first kappa shape index (κ1) is 15.2. The number of anilines is 1. The number of carbonyl (C=O) groups is 1. The predicted molar refractivity (Wildman–Crippen MR) is 87.7 cm³/mol. The molecule has 5 heteroatoms. The van der Waals surface area contributed by atoms with Crippen molar-refractivity contribution in [3.63, 3.8) is 0 Å². The highest BCUT2D eigenvalue weighted by atomic mass is 16.5. The Bertz CT molecular complexity index is 727. The highest BCUT2D eigenvalue weighted by molar-refractivity contribution is 6.05. The fourth-order valence-corrected chi connectivity index (χ4v) is 2.45. The van der Waals surface area contributed by atoms with Crippen LogP contribution in [0.4, 0.5) is 5.69 Å². The van der Waals surface area contributed by atoms with Gasteiger partial charge in [0.2, 0.25) is 0 Å². The van der Waals surface area contributed by atoms with Gasteiger partial charge >= 0.3 is 0 Å². The monoisotopic (exact) mass is 313 g/mol. The zero-order valence-electron chi connectivity index (χ0n) is 13.2. The number of rotatable bonds is 3. The first-order chi connectivity index (χ1) is 11.2. The molecule has 23 heavy (non-hydrogen) atoms. The third-order valence-electron chi connectivity index (χ3n) is 3.67. The third-order valence-corrected chi connectivity index (χ3v) is 3.67. The number of amides is 1. The smallest absolute Gasteiger partial charge is 0.256 e. The zero-order valence-corrected chi connectivity index (χ0v) is 13.2. The van der Waals surface area contributed by atoms with E-state index in [-0.39, 0.29) is 5.91 Å². The van der Waals surface area contributed by atoms with Crippen LogP contribution in [0.5, 0.6) is 17.2 Å². The van der Waals surface area contributed by atoms with Crippen LogP contribution in [0.3, 0.4) is 0 Å². The Kier molecular flexibility index (Phi) is 4.37. The van der Waals surface area contributed by atoms with Crippen LogP contribution in [0.25, 0.3) is 0 Å². The van der Waals surface area contributed by atoms with E-state index in [1.807, 2.05) is 31.2 Å². The second kappa shape index (κ2) is 6.60. The van der Waals surface area contributed by atoms with Crippen LogP contribution in [0.2, 0.25) is 0 Å². The number of methoxy groups -OCH3 is 1. The summed E-state index contributed by atoms with van der Waals surface area (Å²) in [7, 11) is 1.59. The molecule has 0 radical (unpaired) electrons. The molecule has 2 aromatic carbocycles. The van der Waals surface area contributed by atoms with Gasteiger partial charge in [-0.3, -0.25) is 4.79 Å². The number of benzene rings is 2. The van der Waals surface area contributed by atoms with Crippen molar-refractivity contribution in [2.24, 2.45) is 0 Å². The van der Waals surface area contributed by atoms with Crippen molar-refractivity contribution in [2.75, 3.05) is 25.6 Å². The average Bonchev–Trinajstić information content (AvgIpc) is 2.79. The molecular weight excluding hydrogens is 294 g/mol. The molecule has 0 unspecified atom stereocenters. The maximum atomic E-state index is 12.6. The van der Waals surface area contributed by atoms with Crippen molar-refractivity contribution >= 4 is 11.6 Å². The van der Waals surface area contributed by atoms with Crippen LogP contribution in [0, 0.1) is 6.92 Å². The lowest BCUT2D eigenvalue weighted by atomic mass is 10.1. The van der Waals surface area contributed by atoms with Crippen molar-refractivity contribution < 1.29 is 19.0 Å². The number of fused-ring (bicyclic) bond motifs is 1. The SMILES string of the molecule is COc1cccc(NC(=O)c2cc3c(cc2C)OCCCO3)c1. The molecule has 1 amide bonds. The Labute approximate surface area is 135 Å². The maximum Gasteiger partial charge on any atom is 0.256 e. The number of nitrogens with one attached hydrogen (secondary N) is 1. The van der Waals surface area contributed by atoms with E-state index in [4.69, 9.17) is 14.2 Å². The molecular formula is C18H19NO4. The van der Waals surface area contributed by atoms with Crippen molar-refractivity contribution in [1.29, 1.82) is 0 Å². The van der Waals surface area contributed by atoms with E-state index in [1.165, 1.54) is 0 Å². The number of aryl methyl sites for hydroxylation is 1. The third kappa shape index (κ3) is 3.39. The summed E-state index contributed by atoms with van der Waals surface area (Å²) < 4.78 is 16.5. The molecule has 5 nitrogen and oxygen atoms in total. The zero-order chi connectivity index (χ0) is 16.2. The molecule has 0 bridgehead atoms. The second-order valence-corrected chi connectivity index (χ2v) is 5.35. The largest absolute Gasteiger partial charge is 0.497 e. The predicted octanol–water partition coefficient (Wildman–Crippen LogP) is 3.42. The molecule has 1 aliphatic heterocycles. The van der Waals surface area contributed by atoms with E-state index in [2.05, 4.69) is 5.32 Å². The van der Waals surface area contributed by atoms with E-state index in [0.29, 0.717) is 41.7 Å². The normalized spacial score (nSPS) is 13.1. The first-order valence-electron chi connectivity index (χ1n) is 7.53. The van der Waals surface area contributed by atoms with E-state index in [1.54, 1.807) is 19.2 Å². The van der Waals surface area contributed by atoms with Crippen LogP contribution in [-0.2, 0) is 0 Å². The number of ether oxygens (including phenoxy) is 3. The molecule has 0 atom stereocenters. The fraction of sp³-hybridized carbons (Fsp3) is 0.278. The van der Waals surface area contributed by atoms with Gasteiger partial charge in [0.15, 0.2) is 11.5 Å². The highest BCUT2D eigenvalue weighted by Crippen LogP contribution is 2.33. The molecule has 0 saturated heterocycles. The molecule has 2 aromatic rings. The number of hydrogen-bond acceptors (Lipinski definition) is 4. The molecule has 0 aromatic heterocycles. The Balaban J connectivity index is 1.85. The second-order valence-electron chi connectivity index (χ2n) is 5.35. The van der Waals surface area contributed by atoms with E-state index in [9.17, 15) is 4.79 Å². The van der Waals surface area contributed by atoms with Crippen molar-refractivity contribution in [3.8, 4) is 17.2 Å². The minimum absolute atomic E-state index is 0.189. The van der Waals surface area contributed by atoms with Crippen molar-refractivity contribution in [1.82, 2.24) is 0 Å². The molecule has 0 saturated carbocycles. The highest BCUT2D eigenvalue weighted by Gasteiger charge is 2.17. The standard InChI is InChI=1S/C18H19NO4/c1-12-9-16-17(23-8-4-7-22-16)11-15(12)18(20)19-13-5-3-6-14(10-13)21-2/h3,5-6,9-11H,4,7-8H2,1-2H3,(H,19,20). The average molecular weight is 313 g/mol. The molecule has 0 fully saturated rings. The van der Waals surface area contributed by atoms with Gasteiger partial charge in [-0.15, -0.1) is 0 Å². The van der Waals surface area contributed by atoms with Gasteiger partial charge in [-0.25, -0.2) is 0 Å². The van der Waals surface area contributed by atoms with E-state index < -0.39 is 0 Å². The first-order valence-corrected chi connectivity index (χ1v) is 7.53. The van der Waals surface area contributed by atoms with Crippen LogP contribution in [-0.4, -0.2) is 26.2 Å². The van der Waals surface area contributed by atoms with Gasteiger partial charge in [-0.2, -0.15) is 0 Å². The quantitative estimate of drug-likeness (QED) is 0.943. The van der Waals surface area contributed by atoms with Crippen molar-refractivity contribution in [3.05, 3.63) is 47.5 Å². The Morgan fingerprint density at radius 3 is 2.61 bits per heavy atom. The van der Waals surface area contributed by atoms with Gasteiger partial charge in [-0.1, -0.05) is 6.07 Å². The topological polar surface area (TPSA) is 56.8 Å². The number of hydrogen-bond donors (Lipinski definition) is 1. The van der Waals surface area contributed by atoms with E-state index in [0.717, 1.165) is 12.0 Å². The Morgan fingerprint density at radius 2 is 1.87 bits per heavy atom. The molecule has 0 aliphatic carbocycles. The van der Waals surface area contributed by atoms with Crippen LogP contribution >= 0.6 is 0 Å². The summed E-state index contributed by atoms with van der Waals surface area (Å²) >= 11 is 0. The lowest BCUT2D eigenvalue weighted by Crippen LogP contribution is -2.14. The van der Waals surface area contributed by atoms with Gasteiger partial charge in [0.05, 0.1) is 20.3 Å². The Morgan fingerprint density at radius 1 is 1.13 bits per heavy atom. The summed E-state index contributed by atoms with van der Waals surface area (Å²) in [6.45, 7) is 3.10. The summed E-state index contributed by atoms with van der Waals surface area (Å²) in [6.07, 6.45) is 0.832. The van der Waals surface area contributed by atoms with Crippen LogP contribution in [0.15, 0.2) is 36.4 Å². The number of carbonyl (C=O) groups excluding carboxylic acids is 1. The van der Waals surface area contributed by atoms with Crippen LogP contribution in [0.1, 0.15) is 22.3 Å². The molecule has 120 valence electrons. The van der Waals surface area contributed by atoms with Gasteiger partial charge in [0.25, 0.3) is 5.91 Å². The van der Waals surface area contributed by atoms with Gasteiger partial charge in [0.1, 0.15) is 5.75 Å². The minimum atomic E-state index is -0.189. The summed E-state index contributed by atoms with van der Waals surface area (Å²) in [5.41, 5.74) is 2.09. The van der Waals surface area contributed by atoms with Gasteiger partial charge < -0.3 is 19.5 Å².